The number of hydrogen-bond acceptors (Lipinski definition) is 4. The van der Waals surface area contributed by atoms with Gasteiger partial charge in [-0.1, -0.05) is 48.0 Å². The molecule has 0 saturated heterocycles. The third-order valence-corrected chi connectivity index (χ3v) is 4.93. The van der Waals surface area contributed by atoms with E-state index in [4.69, 9.17) is 23.2 Å². The van der Waals surface area contributed by atoms with Crippen LogP contribution in [0.15, 0.2) is 47.7 Å². The Morgan fingerprint density at radius 2 is 2.18 bits per heavy atom. The lowest BCUT2D eigenvalue weighted by atomic mass is 10.2. The van der Waals surface area contributed by atoms with Gasteiger partial charge in [0.25, 0.3) is 0 Å². The van der Waals surface area contributed by atoms with Crippen LogP contribution in [0.25, 0.3) is 0 Å². The van der Waals surface area contributed by atoms with E-state index in [0.29, 0.717) is 21.8 Å². The van der Waals surface area contributed by atoms with Gasteiger partial charge in [0.1, 0.15) is 0 Å². The minimum atomic E-state index is 0.484. The normalized spacial score (nSPS) is 17.4. The van der Waals surface area contributed by atoms with Gasteiger partial charge < -0.3 is 4.90 Å². The van der Waals surface area contributed by atoms with Crippen molar-refractivity contribution in [3.05, 3.63) is 58.3 Å². The predicted octanol–water partition coefficient (Wildman–Crippen LogP) is 4.89. The molecule has 3 nitrogen and oxygen atoms in total. The second-order valence-electron chi connectivity index (χ2n) is 5.09. The molecular weight excluding hydrogens is 337 g/mol. The molecule has 0 amide bonds. The first-order valence-corrected chi connectivity index (χ1v) is 8.59. The van der Waals surface area contributed by atoms with Crippen molar-refractivity contribution in [2.45, 2.75) is 18.7 Å². The minimum Gasteiger partial charge on any atom is -0.315 e. The molecule has 2 heterocycles. The Morgan fingerprint density at radius 3 is 2.82 bits per heavy atom. The second-order valence-corrected chi connectivity index (χ2v) is 7.34. The van der Waals surface area contributed by atoms with Crippen molar-refractivity contribution >= 4 is 45.8 Å². The largest absolute Gasteiger partial charge is 0.315 e. The van der Waals surface area contributed by atoms with Crippen LogP contribution in [-0.2, 0) is 6.54 Å². The van der Waals surface area contributed by atoms with Crippen LogP contribution in [0.4, 0.5) is 5.69 Å². The van der Waals surface area contributed by atoms with Gasteiger partial charge in [-0.15, -0.1) is 0 Å². The van der Waals surface area contributed by atoms with Crippen molar-refractivity contribution in [3.8, 4) is 0 Å². The molecule has 1 unspecified atom stereocenters. The van der Waals surface area contributed by atoms with E-state index in [1.54, 1.807) is 24.0 Å². The molecule has 2 aromatic rings. The van der Waals surface area contributed by atoms with E-state index in [2.05, 4.69) is 21.8 Å². The standard InChI is InChI=1S/C16H15Cl2N3S/c1-11-8-20-16(22-11)21(10-12-3-2-6-19-9-12)15-5-4-13(17)7-14(15)18/h2-7,9,11H,8,10H2,1H3. The fourth-order valence-electron chi connectivity index (χ4n) is 2.24. The molecule has 0 bridgehead atoms. The third kappa shape index (κ3) is 3.57. The number of nitrogens with zero attached hydrogens (tertiary/aromatic N) is 3. The Balaban J connectivity index is 1.95. The Labute approximate surface area is 144 Å². The Kier molecular flexibility index (Phi) is 4.91. The Morgan fingerprint density at radius 1 is 1.32 bits per heavy atom. The lowest BCUT2D eigenvalue weighted by molar-refractivity contribution is 0.959. The van der Waals surface area contributed by atoms with Gasteiger partial charge in [0.05, 0.1) is 23.8 Å². The Hall–Kier alpha value is -1.23. The number of aliphatic imine (C=N–C) groups is 1. The summed E-state index contributed by atoms with van der Waals surface area (Å²) in [4.78, 5) is 11.0. The molecule has 0 spiro atoms. The van der Waals surface area contributed by atoms with E-state index >= 15 is 0 Å². The third-order valence-electron chi connectivity index (χ3n) is 3.29. The zero-order chi connectivity index (χ0) is 15.5. The maximum atomic E-state index is 6.40. The highest BCUT2D eigenvalue weighted by atomic mass is 35.5. The molecule has 0 fully saturated rings. The van der Waals surface area contributed by atoms with Gasteiger partial charge in [0.15, 0.2) is 5.17 Å². The number of benzene rings is 1. The van der Waals surface area contributed by atoms with Crippen molar-refractivity contribution < 1.29 is 0 Å². The van der Waals surface area contributed by atoms with Crippen molar-refractivity contribution in [2.24, 2.45) is 4.99 Å². The van der Waals surface area contributed by atoms with Crippen molar-refractivity contribution in [1.29, 1.82) is 0 Å². The summed E-state index contributed by atoms with van der Waals surface area (Å²) in [6.45, 7) is 3.68. The fourth-order valence-corrected chi connectivity index (χ4v) is 3.70. The summed E-state index contributed by atoms with van der Waals surface area (Å²) in [6.07, 6.45) is 3.63. The number of halogens is 2. The maximum Gasteiger partial charge on any atom is 0.164 e. The van der Waals surface area contributed by atoms with Gasteiger partial charge in [-0.25, -0.2) is 0 Å². The number of anilines is 1. The molecule has 6 heteroatoms. The molecule has 22 heavy (non-hydrogen) atoms. The maximum absolute atomic E-state index is 6.40. The number of thioether (sulfide) groups is 1. The lowest BCUT2D eigenvalue weighted by Gasteiger charge is -2.25. The first-order valence-electron chi connectivity index (χ1n) is 6.96. The van der Waals surface area contributed by atoms with Gasteiger partial charge in [-0.2, -0.15) is 0 Å². The van der Waals surface area contributed by atoms with E-state index in [1.165, 1.54) is 0 Å². The van der Waals surface area contributed by atoms with Crippen LogP contribution in [-0.4, -0.2) is 21.9 Å². The van der Waals surface area contributed by atoms with E-state index in [0.717, 1.165) is 23.0 Å². The SMILES string of the molecule is CC1CN=C(N(Cc2cccnc2)c2ccc(Cl)cc2Cl)S1. The summed E-state index contributed by atoms with van der Waals surface area (Å²) in [5.41, 5.74) is 2.02. The van der Waals surface area contributed by atoms with Crippen molar-refractivity contribution in [3.63, 3.8) is 0 Å². The number of hydrogen-bond donors (Lipinski definition) is 0. The van der Waals surface area contributed by atoms with Crippen molar-refractivity contribution in [1.82, 2.24) is 4.98 Å². The number of amidine groups is 1. The molecule has 114 valence electrons. The van der Waals surface area contributed by atoms with Gasteiger partial charge in [-0.3, -0.25) is 9.98 Å². The van der Waals surface area contributed by atoms with Gasteiger partial charge in [0, 0.05) is 22.7 Å². The van der Waals surface area contributed by atoms with Crippen LogP contribution in [0, 0.1) is 0 Å². The van der Waals surface area contributed by atoms with Crippen LogP contribution in [0.2, 0.25) is 10.0 Å². The smallest absolute Gasteiger partial charge is 0.164 e. The lowest BCUT2D eigenvalue weighted by Crippen LogP contribution is -2.27. The molecular formula is C16H15Cl2N3S. The summed E-state index contributed by atoms with van der Waals surface area (Å²) in [5, 5.41) is 2.72. The van der Waals surface area contributed by atoms with Crippen LogP contribution in [0.5, 0.6) is 0 Å². The first kappa shape index (κ1) is 15.7. The van der Waals surface area contributed by atoms with Gasteiger partial charge in [-0.05, 0) is 29.8 Å². The average Bonchev–Trinajstić information content (AvgIpc) is 2.93. The van der Waals surface area contributed by atoms with Gasteiger partial charge >= 0.3 is 0 Å². The monoisotopic (exact) mass is 351 g/mol. The summed E-state index contributed by atoms with van der Waals surface area (Å²) < 4.78 is 0. The quantitative estimate of drug-likeness (QED) is 0.788. The fraction of sp³-hybridized carbons (Fsp3) is 0.250. The highest BCUT2D eigenvalue weighted by Crippen LogP contribution is 2.34. The zero-order valence-corrected chi connectivity index (χ0v) is 14.4. The van der Waals surface area contributed by atoms with Crippen molar-refractivity contribution in [2.75, 3.05) is 11.4 Å². The molecule has 0 saturated carbocycles. The zero-order valence-electron chi connectivity index (χ0n) is 12.0. The number of pyridine rings is 1. The van der Waals surface area contributed by atoms with E-state index in [1.807, 2.05) is 30.5 Å². The molecule has 1 atom stereocenters. The number of rotatable bonds is 3. The molecule has 3 rings (SSSR count). The highest BCUT2D eigenvalue weighted by molar-refractivity contribution is 8.15. The predicted molar refractivity (Wildman–Crippen MR) is 96.2 cm³/mol. The van der Waals surface area contributed by atoms with Crippen LogP contribution in [0.1, 0.15) is 12.5 Å². The van der Waals surface area contributed by atoms with E-state index in [-0.39, 0.29) is 0 Å². The highest BCUT2D eigenvalue weighted by Gasteiger charge is 2.24. The first-order chi connectivity index (χ1) is 10.6. The second kappa shape index (κ2) is 6.90. The molecule has 1 aromatic carbocycles. The molecule has 1 aromatic heterocycles. The molecule has 0 N–H and O–H groups in total. The molecule has 0 aliphatic carbocycles. The summed E-state index contributed by atoms with van der Waals surface area (Å²) >= 11 is 14.2. The number of aromatic nitrogens is 1. The van der Waals surface area contributed by atoms with Crippen LogP contribution < -0.4 is 4.90 Å². The topological polar surface area (TPSA) is 28.5 Å². The van der Waals surface area contributed by atoms with Crippen LogP contribution >= 0.6 is 35.0 Å². The molecule has 0 radical (unpaired) electrons. The molecule has 1 aliphatic rings. The molecule has 1 aliphatic heterocycles. The van der Waals surface area contributed by atoms with Crippen LogP contribution in [0.3, 0.4) is 0 Å². The average molecular weight is 352 g/mol. The minimum absolute atomic E-state index is 0.484. The van der Waals surface area contributed by atoms with Gasteiger partial charge in [0.2, 0.25) is 0 Å². The summed E-state index contributed by atoms with van der Waals surface area (Å²) in [7, 11) is 0. The van der Waals surface area contributed by atoms with E-state index < -0.39 is 0 Å². The summed E-state index contributed by atoms with van der Waals surface area (Å²) in [5.74, 6) is 0. The van der Waals surface area contributed by atoms with E-state index in [9.17, 15) is 0 Å². The Bertz CT molecular complexity index is 691. The summed E-state index contributed by atoms with van der Waals surface area (Å²) in [6, 6.07) is 9.53.